The summed E-state index contributed by atoms with van der Waals surface area (Å²) in [5, 5.41) is 2.00. The molecule has 0 aromatic carbocycles. The largest absolute Gasteiger partial charge is 0.276 e. The van der Waals surface area contributed by atoms with Crippen LogP contribution >= 0.6 is 0 Å². The zero-order valence-corrected chi connectivity index (χ0v) is 5.00. The van der Waals surface area contributed by atoms with Gasteiger partial charge in [0.25, 0.3) is 0 Å². The van der Waals surface area contributed by atoms with E-state index in [1.54, 1.807) is 0 Å². The van der Waals surface area contributed by atoms with Gasteiger partial charge in [-0.25, -0.2) is 0 Å². The Hall–Kier alpha value is -0.110. The Labute approximate surface area is 46.3 Å². The molecule has 1 rings (SSSR count). The molecule has 0 bridgehead atoms. The third kappa shape index (κ3) is 1.43. The first kappa shape index (κ1) is 5.04. The van der Waals surface area contributed by atoms with Crippen molar-refractivity contribution in [3.63, 3.8) is 0 Å². The van der Waals surface area contributed by atoms with Gasteiger partial charge in [0.1, 0.15) is 0 Å². The van der Waals surface area contributed by atoms with Crippen molar-refractivity contribution in [1.29, 1.82) is 4.78 Å². The predicted octanol–water partition coefficient (Wildman–Crippen LogP) is 1.67. The van der Waals surface area contributed by atoms with Gasteiger partial charge in [0.05, 0.1) is 0 Å². The van der Waals surface area contributed by atoms with Crippen LogP contribution in [0.25, 0.3) is 0 Å². The molecule has 1 N–H and O–H groups in total. The van der Waals surface area contributed by atoms with Gasteiger partial charge >= 0.3 is 0 Å². The summed E-state index contributed by atoms with van der Waals surface area (Å²) in [5.74, 6) is 1.09. The Morgan fingerprint density at radius 3 is 2.71 bits per heavy atom. The molecule has 1 heterocycles. The van der Waals surface area contributed by atoms with Gasteiger partial charge in [0, 0.05) is 5.75 Å². The van der Waals surface area contributed by atoms with E-state index in [1.807, 2.05) is 5.41 Å². The van der Waals surface area contributed by atoms with Crippen molar-refractivity contribution in [2.24, 2.45) is 0 Å². The van der Waals surface area contributed by atoms with E-state index in [2.05, 4.69) is 6.08 Å². The van der Waals surface area contributed by atoms with Gasteiger partial charge in [-0.2, -0.15) is 0 Å². The van der Waals surface area contributed by atoms with Crippen molar-refractivity contribution in [3.05, 3.63) is 11.5 Å². The van der Waals surface area contributed by atoms with Crippen LogP contribution in [0.3, 0.4) is 0 Å². The number of allylic oxidation sites excluding steroid dienone is 1. The predicted molar refractivity (Wildman–Crippen MR) is 33.3 cm³/mol. The Kier molecular flexibility index (Phi) is 1.63. The summed E-state index contributed by atoms with van der Waals surface area (Å²) in [6, 6.07) is 0. The van der Waals surface area contributed by atoms with Crippen LogP contribution in [0, 0.1) is 4.78 Å². The quantitative estimate of drug-likeness (QED) is 0.496. The fourth-order valence-corrected chi connectivity index (χ4v) is 1.59. The molecule has 2 heteroatoms. The fraction of sp³-hybridized carbons (Fsp3) is 0.600. The lowest BCUT2D eigenvalue weighted by Gasteiger charge is -2.01. The van der Waals surface area contributed by atoms with Crippen molar-refractivity contribution in [2.45, 2.75) is 12.8 Å². The molecule has 1 aliphatic heterocycles. The van der Waals surface area contributed by atoms with Crippen molar-refractivity contribution in [3.8, 4) is 0 Å². The summed E-state index contributed by atoms with van der Waals surface area (Å²) in [4.78, 5) is 0. The second-order valence-electron chi connectivity index (χ2n) is 1.65. The topological polar surface area (TPSA) is 23.9 Å². The minimum absolute atomic E-state index is 0.121. The molecule has 0 amide bonds. The van der Waals surface area contributed by atoms with Crippen LogP contribution in [0.2, 0.25) is 0 Å². The maximum Gasteiger partial charge on any atom is 0.00808 e. The zero-order chi connectivity index (χ0) is 5.11. The van der Waals surface area contributed by atoms with Crippen molar-refractivity contribution in [1.82, 2.24) is 0 Å². The highest BCUT2D eigenvalue weighted by Crippen LogP contribution is 2.03. The zero-order valence-electron chi connectivity index (χ0n) is 4.18. The Bertz CT molecular complexity index is 107. The van der Waals surface area contributed by atoms with E-state index >= 15 is 0 Å². The maximum atomic E-state index is 7.21. The van der Waals surface area contributed by atoms with E-state index in [-0.39, 0.29) is 10.7 Å². The average Bonchev–Trinajstić information content (AvgIpc) is 1.69. The minimum atomic E-state index is -0.121. The van der Waals surface area contributed by atoms with Crippen LogP contribution in [0.5, 0.6) is 0 Å². The second kappa shape index (κ2) is 2.26. The highest BCUT2D eigenvalue weighted by atomic mass is 32.2. The Morgan fingerprint density at radius 1 is 1.57 bits per heavy atom. The molecule has 1 nitrogen and oxygen atoms in total. The lowest BCUT2D eigenvalue weighted by molar-refractivity contribution is 0.961. The molecule has 1 aliphatic rings. The first-order valence-corrected chi connectivity index (χ1v) is 3.93. The molecule has 1 unspecified atom stereocenters. The average molecular weight is 115 g/mol. The van der Waals surface area contributed by atoms with Crippen molar-refractivity contribution in [2.75, 3.05) is 5.75 Å². The summed E-state index contributed by atoms with van der Waals surface area (Å²) in [6.45, 7) is 0. The molecule has 1 atom stereocenters. The standard InChI is InChI=1S/C5H9NS/c6-7-4-2-1-3-5-7/h2,4,6H,1,3,5H2. The highest BCUT2D eigenvalue weighted by molar-refractivity contribution is 7.89. The van der Waals surface area contributed by atoms with Gasteiger partial charge in [-0.15, -0.1) is 0 Å². The monoisotopic (exact) mass is 115 g/mol. The summed E-state index contributed by atoms with van der Waals surface area (Å²) in [6.07, 6.45) is 4.53. The molecule has 0 saturated carbocycles. The van der Waals surface area contributed by atoms with Gasteiger partial charge in [-0.3, -0.25) is 4.78 Å². The number of hydrogen-bond donors (Lipinski definition) is 1. The maximum absolute atomic E-state index is 7.21. The molecular formula is C5H9NS. The van der Waals surface area contributed by atoms with E-state index in [9.17, 15) is 0 Å². The van der Waals surface area contributed by atoms with Gasteiger partial charge in [-0.1, -0.05) is 16.8 Å². The SMILES string of the molecule is N=S1C=CCCC1. The molecule has 7 heavy (non-hydrogen) atoms. The van der Waals surface area contributed by atoms with E-state index in [4.69, 9.17) is 4.78 Å². The summed E-state index contributed by atoms with van der Waals surface area (Å²) in [5.41, 5.74) is 0. The Balaban J connectivity index is 2.51. The summed E-state index contributed by atoms with van der Waals surface area (Å²) in [7, 11) is -0.121. The Morgan fingerprint density at radius 2 is 2.43 bits per heavy atom. The van der Waals surface area contributed by atoms with Crippen LogP contribution in [-0.2, 0) is 10.7 Å². The van der Waals surface area contributed by atoms with Crippen molar-refractivity contribution >= 4 is 10.7 Å². The lowest BCUT2D eigenvalue weighted by atomic mass is 10.3. The third-order valence-electron chi connectivity index (χ3n) is 0.996. The highest BCUT2D eigenvalue weighted by Gasteiger charge is 1.93. The molecule has 0 aromatic rings. The summed E-state index contributed by atoms with van der Waals surface area (Å²) >= 11 is 0. The molecule has 0 spiro atoms. The van der Waals surface area contributed by atoms with E-state index < -0.39 is 0 Å². The normalized spacial score (nSPS) is 30.6. The molecule has 0 fully saturated rings. The number of hydrogen-bond acceptors (Lipinski definition) is 1. The minimum Gasteiger partial charge on any atom is -0.276 e. The third-order valence-corrected chi connectivity index (χ3v) is 2.25. The molecular weight excluding hydrogens is 106 g/mol. The van der Waals surface area contributed by atoms with Gasteiger partial charge in [-0.05, 0) is 18.2 Å². The van der Waals surface area contributed by atoms with E-state index in [0.717, 1.165) is 5.75 Å². The van der Waals surface area contributed by atoms with E-state index in [0.29, 0.717) is 0 Å². The van der Waals surface area contributed by atoms with Crippen LogP contribution in [-0.4, -0.2) is 5.75 Å². The molecule has 0 radical (unpaired) electrons. The smallest absolute Gasteiger partial charge is 0.00808 e. The molecule has 0 aliphatic carbocycles. The first-order chi connectivity index (χ1) is 3.39. The van der Waals surface area contributed by atoms with Crippen LogP contribution < -0.4 is 0 Å². The van der Waals surface area contributed by atoms with Crippen LogP contribution in [0.4, 0.5) is 0 Å². The fourth-order valence-electron chi connectivity index (χ4n) is 0.609. The lowest BCUT2D eigenvalue weighted by Crippen LogP contribution is -1.94. The van der Waals surface area contributed by atoms with Crippen LogP contribution in [0.15, 0.2) is 11.5 Å². The van der Waals surface area contributed by atoms with Gasteiger partial charge < -0.3 is 0 Å². The van der Waals surface area contributed by atoms with Gasteiger partial charge in [0.2, 0.25) is 0 Å². The number of rotatable bonds is 0. The summed E-state index contributed by atoms with van der Waals surface area (Å²) < 4.78 is 7.21. The molecule has 0 aromatic heterocycles. The van der Waals surface area contributed by atoms with Crippen molar-refractivity contribution < 1.29 is 0 Å². The molecule has 0 saturated heterocycles. The van der Waals surface area contributed by atoms with E-state index in [1.165, 1.54) is 12.8 Å². The van der Waals surface area contributed by atoms with Crippen LogP contribution in [0.1, 0.15) is 12.8 Å². The second-order valence-corrected chi connectivity index (χ2v) is 3.19. The van der Waals surface area contributed by atoms with Gasteiger partial charge in [0.15, 0.2) is 0 Å². The molecule has 40 valence electrons. The first-order valence-electron chi connectivity index (χ1n) is 2.47. The number of nitrogens with one attached hydrogen (secondary N) is 1.